The Bertz CT molecular complexity index is 196. The Balaban J connectivity index is 0.000000249. The van der Waals surface area contributed by atoms with Crippen LogP contribution in [0.3, 0.4) is 0 Å². The van der Waals surface area contributed by atoms with Gasteiger partial charge in [-0.1, -0.05) is 6.42 Å². The first-order valence-corrected chi connectivity index (χ1v) is 6.45. The maximum absolute atomic E-state index is 9.15. The molecule has 5 nitrogen and oxygen atoms in total. The van der Waals surface area contributed by atoms with Crippen LogP contribution in [0, 0.1) is 0 Å². The molecule has 0 bridgehead atoms. The van der Waals surface area contributed by atoms with E-state index >= 15 is 0 Å². The molecule has 2 fully saturated rings. The van der Waals surface area contributed by atoms with E-state index in [0.717, 1.165) is 13.2 Å². The van der Waals surface area contributed by atoms with Crippen LogP contribution in [0.2, 0.25) is 0 Å². The highest BCUT2D eigenvalue weighted by atomic mass is 16.6. The zero-order valence-electron chi connectivity index (χ0n) is 10.7. The van der Waals surface area contributed by atoms with Crippen molar-refractivity contribution < 1.29 is 14.6 Å². The third kappa shape index (κ3) is 5.89. The number of nitrogens with one attached hydrogen (secondary N) is 1. The molecule has 0 spiro atoms. The first-order chi connectivity index (χ1) is 8.24. The average molecular weight is 244 g/mol. The summed E-state index contributed by atoms with van der Waals surface area (Å²) in [6.45, 7) is 5.21. The van der Waals surface area contributed by atoms with Gasteiger partial charge in [-0.25, -0.2) is 4.79 Å². The molecule has 2 rings (SSSR count). The van der Waals surface area contributed by atoms with Crippen molar-refractivity contribution in [2.45, 2.75) is 38.1 Å². The highest BCUT2D eigenvalue weighted by Gasteiger charge is 2.21. The van der Waals surface area contributed by atoms with Crippen molar-refractivity contribution in [1.82, 2.24) is 10.2 Å². The number of carboxylic acid groups (broad SMARTS) is 1. The third-order valence-electron chi connectivity index (χ3n) is 3.39. The summed E-state index contributed by atoms with van der Waals surface area (Å²) in [6, 6.07) is 0.909. The lowest BCUT2D eigenvalue weighted by Gasteiger charge is -2.36. The number of hydrogen-bond donors (Lipinski definition) is 2. The third-order valence-corrected chi connectivity index (χ3v) is 3.39. The van der Waals surface area contributed by atoms with Gasteiger partial charge < -0.3 is 20.1 Å². The average Bonchev–Trinajstić information content (AvgIpc) is 2.41. The number of rotatable bonds is 1. The van der Waals surface area contributed by atoms with Crippen LogP contribution in [0.1, 0.15) is 32.1 Å². The molecule has 0 atom stereocenters. The fourth-order valence-corrected chi connectivity index (χ4v) is 2.46. The molecule has 0 radical (unpaired) electrons. The lowest BCUT2D eigenvalue weighted by molar-refractivity contribution is 0.114. The SMILES string of the molecule is C1CCN(C2CCNCC2)CC1.COC(=O)O. The molecule has 0 aromatic carbocycles. The number of piperidine rings is 2. The summed E-state index contributed by atoms with van der Waals surface area (Å²) in [4.78, 5) is 11.9. The van der Waals surface area contributed by atoms with E-state index in [-0.39, 0.29) is 0 Å². The van der Waals surface area contributed by atoms with Crippen molar-refractivity contribution in [1.29, 1.82) is 0 Å². The molecule has 100 valence electrons. The first-order valence-electron chi connectivity index (χ1n) is 6.45. The second kappa shape index (κ2) is 8.31. The Morgan fingerprint density at radius 2 is 1.76 bits per heavy atom. The second-order valence-electron chi connectivity index (χ2n) is 4.55. The molecule has 2 heterocycles. The van der Waals surface area contributed by atoms with E-state index in [9.17, 15) is 0 Å². The van der Waals surface area contributed by atoms with Crippen LogP contribution in [-0.2, 0) is 4.74 Å². The van der Waals surface area contributed by atoms with Crippen molar-refractivity contribution in [3.05, 3.63) is 0 Å². The lowest BCUT2D eigenvalue weighted by atomic mass is 10.0. The van der Waals surface area contributed by atoms with Gasteiger partial charge in [0.2, 0.25) is 0 Å². The molecule has 17 heavy (non-hydrogen) atoms. The predicted molar refractivity (Wildman–Crippen MR) is 66.3 cm³/mol. The highest BCUT2D eigenvalue weighted by molar-refractivity contribution is 5.56. The number of ether oxygens (including phenoxy) is 1. The maximum atomic E-state index is 9.15. The van der Waals surface area contributed by atoms with E-state index in [1.165, 1.54) is 58.3 Å². The summed E-state index contributed by atoms with van der Waals surface area (Å²) >= 11 is 0. The molecule has 0 amide bonds. The lowest BCUT2D eigenvalue weighted by Crippen LogP contribution is -2.45. The van der Waals surface area contributed by atoms with Gasteiger partial charge in [0.1, 0.15) is 0 Å². The summed E-state index contributed by atoms with van der Waals surface area (Å²) in [5.74, 6) is 0. The first kappa shape index (κ1) is 14.3. The summed E-state index contributed by atoms with van der Waals surface area (Å²) in [6.07, 6.45) is 5.83. The van der Waals surface area contributed by atoms with Crippen LogP contribution in [0.5, 0.6) is 0 Å². The molecule has 2 aliphatic heterocycles. The van der Waals surface area contributed by atoms with Gasteiger partial charge in [0.15, 0.2) is 0 Å². The Morgan fingerprint density at radius 3 is 2.24 bits per heavy atom. The molecule has 0 aromatic rings. The molecule has 0 aromatic heterocycles. The monoisotopic (exact) mass is 244 g/mol. The van der Waals surface area contributed by atoms with Gasteiger partial charge in [-0.3, -0.25) is 0 Å². The van der Waals surface area contributed by atoms with Gasteiger partial charge in [-0.15, -0.1) is 0 Å². The number of likely N-dealkylation sites (tertiary alicyclic amines) is 1. The highest BCUT2D eigenvalue weighted by Crippen LogP contribution is 2.17. The summed E-state index contributed by atoms with van der Waals surface area (Å²) < 4.78 is 3.67. The molecule has 5 heteroatoms. The minimum absolute atomic E-state index is 0.909. The normalized spacial score (nSPS) is 22.4. The fourth-order valence-electron chi connectivity index (χ4n) is 2.46. The molecule has 2 N–H and O–H groups in total. The fraction of sp³-hybridized carbons (Fsp3) is 0.917. The minimum Gasteiger partial charge on any atom is -0.450 e. The van der Waals surface area contributed by atoms with E-state index in [1.54, 1.807) is 0 Å². The van der Waals surface area contributed by atoms with Gasteiger partial charge in [0, 0.05) is 6.04 Å². The standard InChI is InChI=1S/C10H20N2.C2H4O3/c1-2-8-12(9-3-1)10-4-6-11-7-5-10;1-5-2(3)4/h10-11H,1-9H2;1H3,(H,3,4). The summed E-state index contributed by atoms with van der Waals surface area (Å²) in [5.41, 5.74) is 0. The van der Waals surface area contributed by atoms with E-state index in [1.807, 2.05) is 0 Å². The second-order valence-corrected chi connectivity index (χ2v) is 4.55. The Morgan fingerprint density at radius 1 is 1.24 bits per heavy atom. The van der Waals surface area contributed by atoms with Crippen LogP contribution in [0.4, 0.5) is 4.79 Å². The maximum Gasteiger partial charge on any atom is 0.505 e. The molecule has 2 aliphatic rings. The van der Waals surface area contributed by atoms with E-state index in [4.69, 9.17) is 9.90 Å². The van der Waals surface area contributed by atoms with Crippen molar-refractivity contribution in [3.63, 3.8) is 0 Å². The molecule has 0 saturated carbocycles. The number of nitrogens with zero attached hydrogens (tertiary/aromatic N) is 1. The van der Waals surface area contributed by atoms with Gasteiger partial charge in [-0.05, 0) is 51.9 Å². The Hall–Kier alpha value is -0.810. The van der Waals surface area contributed by atoms with Crippen molar-refractivity contribution in [2.75, 3.05) is 33.3 Å². The zero-order valence-corrected chi connectivity index (χ0v) is 10.7. The quantitative estimate of drug-likeness (QED) is 0.685. The smallest absolute Gasteiger partial charge is 0.450 e. The van der Waals surface area contributed by atoms with Crippen LogP contribution in [-0.4, -0.2) is 55.5 Å². The van der Waals surface area contributed by atoms with Crippen molar-refractivity contribution in [2.24, 2.45) is 0 Å². The largest absolute Gasteiger partial charge is 0.505 e. The van der Waals surface area contributed by atoms with Gasteiger partial charge in [0.05, 0.1) is 7.11 Å². The van der Waals surface area contributed by atoms with Gasteiger partial charge >= 0.3 is 6.16 Å². The molecule has 0 aliphatic carbocycles. The molecule has 0 unspecified atom stereocenters. The van der Waals surface area contributed by atoms with Crippen LogP contribution >= 0.6 is 0 Å². The molecular formula is C12H24N2O3. The Kier molecular flexibility index (Phi) is 6.96. The van der Waals surface area contributed by atoms with Crippen LogP contribution in [0.15, 0.2) is 0 Å². The van der Waals surface area contributed by atoms with Gasteiger partial charge in [0.25, 0.3) is 0 Å². The molecular weight excluding hydrogens is 220 g/mol. The van der Waals surface area contributed by atoms with Crippen LogP contribution in [0.25, 0.3) is 0 Å². The number of hydrogen-bond acceptors (Lipinski definition) is 4. The molecule has 2 saturated heterocycles. The topological polar surface area (TPSA) is 61.8 Å². The minimum atomic E-state index is -1.25. The Labute approximate surface area is 103 Å². The van der Waals surface area contributed by atoms with Crippen molar-refractivity contribution >= 4 is 6.16 Å². The van der Waals surface area contributed by atoms with Crippen LogP contribution < -0.4 is 5.32 Å². The zero-order chi connectivity index (χ0) is 12.5. The van der Waals surface area contributed by atoms with Crippen molar-refractivity contribution in [3.8, 4) is 0 Å². The summed E-state index contributed by atoms with van der Waals surface area (Å²) in [5, 5.41) is 10.9. The predicted octanol–water partition coefficient (Wildman–Crippen LogP) is 1.54. The van der Waals surface area contributed by atoms with E-state index < -0.39 is 6.16 Å². The van der Waals surface area contributed by atoms with Gasteiger partial charge in [-0.2, -0.15) is 0 Å². The van der Waals surface area contributed by atoms with E-state index in [0.29, 0.717) is 0 Å². The van der Waals surface area contributed by atoms with E-state index in [2.05, 4.69) is 15.0 Å². The number of carbonyl (C=O) groups is 1. The number of methoxy groups -OCH3 is 1. The summed E-state index contributed by atoms with van der Waals surface area (Å²) in [7, 11) is 1.10.